The lowest BCUT2D eigenvalue weighted by Gasteiger charge is -2.13. The van der Waals surface area contributed by atoms with Crippen LogP contribution in [-0.2, 0) is 11.2 Å². The summed E-state index contributed by atoms with van der Waals surface area (Å²) in [6.07, 6.45) is -0.415. The Balaban J connectivity index is 3.25. The van der Waals surface area contributed by atoms with Gasteiger partial charge >= 0.3 is 5.97 Å². The summed E-state index contributed by atoms with van der Waals surface area (Å²) in [6, 6.07) is -0.609. The molecular weight excluding hydrogens is 256 g/mol. The summed E-state index contributed by atoms with van der Waals surface area (Å²) in [4.78, 5) is 10.6. The van der Waals surface area contributed by atoms with E-state index in [1.807, 2.05) is 0 Å². The monoisotopic (exact) mass is 265 g/mol. The molecule has 17 heavy (non-hydrogen) atoms. The highest BCUT2D eigenvalue weighted by Crippen LogP contribution is 2.33. The SMILES string of the molecule is COc1c(Cl)cc(F)c(F)c1CC(N)C(=O)O. The van der Waals surface area contributed by atoms with Gasteiger partial charge in [-0.2, -0.15) is 0 Å². The highest BCUT2D eigenvalue weighted by Gasteiger charge is 2.23. The van der Waals surface area contributed by atoms with Crippen LogP contribution < -0.4 is 10.5 Å². The maximum atomic E-state index is 13.5. The van der Waals surface area contributed by atoms with Crippen molar-refractivity contribution in [3.8, 4) is 5.75 Å². The molecule has 7 heteroatoms. The number of carboxylic acids is 1. The van der Waals surface area contributed by atoms with Crippen molar-refractivity contribution in [3.05, 3.63) is 28.3 Å². The fourth-order valence-electron chi connectivity index (χ4n) is 1.34. The quantitative estimate of drug-likeness (QED) is 0.811. The van der Waals surface area contributed by atoms with Crippen LogP contribution in [0.5, 0.6) is 5.75 Å². The van der Waals surface area contributed by atoms with Gasteiger partial charge in [-0.15, -0.1) is 0 Å². The molecule has 1 rings (SSSR count). The van der Waals surface area contributed by atoms with E-state index in [9.17, 15) is 13.6 Å². The molecule has 3 N–H and O–H groups in total. The summed E-state index contributed by atoms with van der Waals surface area (Å²) in [5.74, 6) is -3.82. The normalized spacial score (nSPS) is 12.3. The first kappa shape index (κ1) is 13.7. The lowest BCUT2D eigenvalue weighted by Crippen LogP contribution is -2.32. The predicted molar refractivity (Wildman–Crippen MR) is 57.2 cm³/mol. The summed E-state index contributed by atoms with van der Waals surface area (Å²) < 4.78 is 31.4. The highest BCUT2D eigenvalue weighted by molar-refractivity contribution is 6.32. The molecule has 1 unspecified atom stereocenters. The van der Waals surface area contributed by atoms with Crippen molar-refractivity contribution in [1.29, 1.82) is 0 Å². The van der Waals surface area contributed by atoms with Crippen LogP contribution in [-0.4, -0.2) is 24.2 Å². The zero-order valence-electron chi connectivity index (χ0n) is 8.84. The van der Waals surface area contributed by atoms with Crippen molar-refractivity contribution in [2.75, 3.05) is 7.11 Å². The number of methoxy groups -OCH3 is 1. The smallest absolute Gasteiger partial charge is 0.320 e. The van der Waals surface area contributed by atoms with E-state index >= 15 is 0 Å². The Bertz CT molecular complexity index is 454. The summed E-state index contributed by atoms with van der Waals surface area (Å²) in [7, 11) is 1.22. The second kappa shape index (κ2) is 5.29. The van der Waals surface area contributed by atoms with Gasteiger partial charge in [-0.3, -0.25) is 4.79 Å². The summed E-state index contributed by atoms with van der Waals surface area (Å²) in [6.45, 7) is 0. The third kappa shape index (κ3) is 2.83. The van der Waals surface area contributed by atoms with E-state index in [-0.39, 0.29) is 16.3 Å². The number of ether oxygens (including phenoxy) is 1. The van der Waals surface area contributed by atoms with E-state index in [1.165, 1.54) is 7.11 Å². The number of hydrogen-bond acceptors (Lipinski definition) is 3. The second-order valence-electron chi connectivity index (χ2n) is 3.31. The van der Waals surface area contributed by atoms with E-state index in [0.717, 1.165) is 6.07 Å². The van der Waals surface area contributed by atoms with Gasteiger partial charge in [-0.05, 0) is 6.07 Å². The van der Waals surface area contributed by atoms with Gasteiger partial charge in [0.05, 0.1) is 12.1 Å². The molecule has 1 aromatic carbocycles. The lowest BCUT2D eigenvalue weighted by molar-refractivity contribution is -0.138. The standard InChI is InChI=1S/C10H10ClF2NO3/c1-17-9-4(2-7(14)10(15)16)8(13)6(12)3-5(9)11/h3,7H,2,14H2,1H3,(H,15,16). The number of carbonyl (C=O) groups is 1. The van der Waals surface area contributed by atoms with Crippen molar-refractivity contribution in [2.24, 2.45) is 5.73 Å². The third-order valence-electron chi connectivity index (χ3n) is 2.16. The maximum absolute atomic E-state index is 13.5. The first-order valence-electron chi connectivity index (χ1n) is 4.57. The zero-order valence-corrected chi connectivity index (χ0v) is 9.59. The van der Waals surface area contributed by atoms with Gasteiger partial charge in [-0.1, -0.05) is 11.6 Å². The van der Waals surface area contributed by atoms with E-state index in [0.29, 0.717) is 0 Å². The Labute approximate surface area is 101 Å². The first-order valence-corrected chi connectivity index (χ1v) is 4.95. The Kier molecular flexibility index (Phi) is 4.25. The predicted octanol–water partition coefficient (Wildman–Crippen LogP) is 1.58. The molecule has 0 aliphatic carbocycles. The third-order valence-corrected chi connectivity index (χ3v) is 2.45. The topological polar surface area (TPSA) is 72.5 Å². The number of nitrogens with two attached hydrogens (primary N) is 1. The second-order valence-corrected chi connectivity index (χ2v) is 3.72. The van der Waals surface area contributed by atoms with Gasteiger partial charge in [0.15, 0.2) is 11.6 Å². The fourth-order valence-corrected chi connectivity index (χ4v) is 1.63. The molecule has 0 bridgehead atoms. The average molecular weight is 266 g/mol. The molecule has 0 saturated carbocycles. The van der Waals surface area contributed by atoms with Crippen LogP contribution in [0.1, 0.15) is 5.56 Å². The van der Waals surface area contributed by atoms with E-state index in [2.05, 4.69) is 0 Å². The highest BCUT2D eigenvalue weighted by atomic mass is 35.5. The van der Waals surface area contributed by atoms with Gasteiger partial charge in [-0.25, -0.2) is 8.78 Å². The van der Waals surface area contributed by atoms with Crippen LogP contribution in [0.25, 0.3) is 0 Å². The molecule has 0 aliphatic heterocycles. The van der Waals surface area contributed by atoms with Crippen molar-refractivity contribution >= 4 is 17.6 Å². The number of aliphatic carboxylic acids is 1. The molecule has 0 aromatic heterocycles. The number of halogens is 3. The number of benzene rings is 1. The van der Waals surface area contributed by atoms with Crippen molar-refractivity contribution in [2.45, 2.75) is 12.5 Å². The Morgan fingerprint density at radius 3 is 2.71 bits per heavy atom. The molecular formula is C10H10ClF2NO3. The largest absolute Gasteiger partial charge is 0.495 e. The molecule has 0 saturated heterocycles. The molecule has 1 atom stereocenters. The number of hydrogen-bond donors (Lipinski definition) is 2. The molecule has 0 fully saturated rings. The van der Waals surface area contributed by atoms with Gasteiger partial charge < -0.3 is 15.6 Å². The first-order chi connectivity index (χ1) is 7.88. The minimum absolute atomic E-state index is 0.109. The van der Waals surface area contributed by atoms with Crippen LogP contribution >= 0.6 is 11.6 Å². The molecule has 1 aromatic rings. The summed E-state index contributed by atoms with van der Waals surface area (Å²) >= 11 is 5.65. The van der Waals surface area contributed by atoms with E-state index in [1.54, 1.807) is 0 Å². The van der Waals surface area contributed by atoms with Crippen molar-refractivity contribution in [1.82, 2.24) is 0 Å². The van der Waals surface area contributed by atoms with Crippen LogP contribution in [0.2, 0.25) is 5.02 Å². The zero-order chi connectivity index (χ0) is 13.2. The van der Waals surface area contributed by atoms with Gasteiger partial charge in [0.25, 0.3) is 0 Å². The minimum Gasteiger partial charge on any atom is -0.495 e. The summed E-state index contributed by atoms with van der Waals surface area (Å²) in [5.41, 5.74) is 4.97. The van der Waals surface area contributed by atoms with Crippen molar-refractivity contribution in [3.63, 3.8) is 0 Å². The fraction of sp³-hybridized carbons (Fsp3) is 0.300. The molecule has 0 spiro atoms. The van der Waals surface area contributed by atoms with Crippen molar-refractivity contribution < 1.29 is 23.4 Å². The summed E-state index contributed by atoms with van der Waals surface area (Å²) in [5, 5.41) is 8.48. The number of carboxylic acid groups (broad SMARTS) is 1. The molecule has 94 valence electrons. The van der Waals surface area contributed by atoms with Crippen LogP contribution in [0.3, 0.4) is 0 Å². The Hall–Kier alpha value is -1.40. The average Bonchev–Trinajstić information content (AvgIpc) is 2.25. The molecule has 0 radical (unpaired) electrons. The lowest BCUT2D eigenvalue weighted by atomic mass is 10.0. The van der Waals surface area contributed by atoms with Gasteiger partial charge in [0.2, 0.25) is 0 Å². The minimum atomic E-state index is -1.36. The molecule has 4 nitrogen and oxygen atoms in total. The van der Waals surface area contributed by atoms with Crippen LogP contribution in [0, 0.1) is 11.6 Å². The molecule has 0 aliphatic rings. The van der Waals surface area contributed by atoms with Gasteiger partial charge in [0.1, 0.15) is 11.8 Å². The van der Waals surface area contributed by atoms with Crippen LogP contribution in [0.4, 0.5) is 8.78 Å². The van der Waals surface area contributed by atoms with Crippen LogP contribution in [0.15, 0.2) is 6.07 Å². The Morgan fingerprint density at radius 1 is 1.65 bits per heavy atom. The number of rotatable bonds is 4. The van der Waals surface area contributed by atoms with Gasteiger partial charge in [0, 0.05) is 12.0 Å². The van der Waals surface area contributed by atoms with E-state index in [4.69, 9.17) is 27.2 Å². The molecule has 0 amide bonds. The Morgan fingerprint density at radius 2 is 2.24 bits per heavy atom. The molecule has 0 heterocycles. The van der Waals surface area contributed by atoms with E-state index < -0.39 is 30.1 Å². The maximum Gasteiger partial charge on any atom is 0.320 e.